The minimum Gasteiger partial charge on any atom is -0.326 e. The zero-order chi connectivity index (χ0) is 20.1. The van der Waals surface area contributed by atoms with Crippen molar-refractivity contribution in [1.82, 2.24) is 14.7 Å². The molecule has 1 fully saturated rings. The average molecular weight is 385 g/mol. The molecule has 1 aliphatic rings. The molecule has 1 saturated heterocycles. The molecule has 150 valence electrons. The molecule has 1 amide bonds. The van der Waals surface area contributed by atoms with Crippen LogP contribution in [0.2, 0.25) is 0 Å². The molecule has 1 aromatic carbocycles. The maximum atomic E-state index is 12.2. The smallest absolute Gasteiger partial charge is 0.306 e. The van der Waals surface area contributed by atoms with Crippen LogP contribution in [-0.4, -0.2) is 45.1 Å². The summed E-state index contributed by atoms with van der Waals surface area (Å²) in [6.45, 7) is 8.26. The molecule has 2 aromatic rings. The van der Waals surface area contributed by atoms with Gasteiger partial charge in [0, 0.05) is 38.3 Å². The predicted molar refractivity (Wildman–Crippen MR) is 107 cm³/mol. The number of anilines is 1. The summed E-state index contributed by atoms with van der Waals surface area (Å²) in [7, 11) is 0. The molecule has 0 spiro atoms. The monoisotopic (exact) mass is 385 g/mol. The molecular formula is C20H27N5O3. The third kappa shape index (κ3) is 5.39. The van der Waals surface area contributed by atoms with Gasteiger partial charge in [0.2, 0.25) is 5.91 Å². The lowest BCUT2D eigenvalue weighted by molar-refractivity contribution is -0.385. The number of aromatic nitrogens is 2. The highest BCUT2D eigenvalue weighted by Crippen LogP contribution is 2.22. The molecule has 1 aromatic heterocycles. The van der Waals surface area contributed by atoms with Crippen molar-refractivity contribution in [3.8, 4) is 0 Å². The molecule has 28 heavy (non-hydrogen) atoms. The van der Waals surface area contributed by atoms with Crippen LogP contribution in [0, 0.1) is 22.0 Å². The van der Waals surface area contributed by atoms with Crippen LogP contribution in [-0.2, 0) is 17.8 Å². The fraction of sp³-hybridized carbons (Fsp3) is 0.500. The summed E-state index contributed by atoms with van der Waals surface area (Å²) in [5, 5.41) is 17.5. The van der Waals surface area contributed by atoms with Crippen LogP contribution in [0.5, 0.6) is 0 Å². The van der Waals surface area contributed by atoms with E-state index in [0.717, 1.165) is 43.6 Å². The number of benzene rings is 1. The van der Waals surface area contributed by atoms with Crippen LogP contribution < -0.4 is 5.32 Å². The van der Waals surface area contributed by atoms with E-state index >= 15 is 0 Å². The molecule has 8 nitrogen and oxygen atoms in total. The van der Waals surface area contributed by atoms with Crippen LogP contribution in [0.4, 0.5) is 11.4 Å². The molecule has 1 aliphatic heterocycles. The summed E-state index contributed by atoms with van der Waals surface area (Å²) < 4.78 is 1.41. The molecule has 0 bridgehead atoms. The zero-order valence-corrected chi connectivity index (χ0v) is 16.4. The Balaban J connectivity index is 1.46. The summed E-state index contributed by atoms with van der Waals surface area (Å²) in [4.78, 5) is 24.8. The van der Waals surface area contributed by atoms with Gasteiger partial charge in [-0.1, -0.05) is 26.0 Å². The Kier molecular flexibility index (Phi) is 6.41. The van der Waals surface area contributed by atoms with Crippen molar-refractivity contribution in [2.45, 2.75) is 33.2 Å². The van der Waals surface area contributed by atoms with Crippen molar-refractivity contribution in [1.29, 1.82) is 0 Å². The molecule has 0 unspecified atom stereocenters. The highest BCUT2D eigenvalue weighted by molar-refractivity contribution is 5.90. The summed E-state index contributed by atoms with van der Waals surface area (Å²) in [5.74, 6) is 1.36. The fourth-order valence-electron chi connectivity index (χ4n) is 3.53. The first kappa shape index (κ1) is 20.0. The van der Waals surface area contributed by atoms with E-state index in [1.807, 2.05) is 18.2 Å². The van der Waals surface area contributed by atoms with Gasteiger partial charge in [0.1, 0.15) is 12.4 Å². The van der Waals surface area contributed by atoms with Gasteiger partial charge < -0.3 is 10.2 Å². The maximum Gasteiger partial charge on any atom is 0.306 e. The van der Waals surface area contributed by atoms with Crippen LogP contribution in [0.25, 0.3) is 0 Å². The first-order valence-corrected chi connectivity index (χ1v) is 9.68. The van der Waals surface area contributed by atoms with E-state index in [1.54, 1.807) is 0 Å². The number of hydrogen-bond donors (Lipinski definition) is 1. The Labute approximate surface area is 164 Å². The number of aryl methyl sites for hydroxylation is 1. The summed E-state index contributed by atoms with van der Waals surface area (Å²) in [5.41, 5.74) is 1.90. The second-order valence-electron chi connectivity index (χ2n) is 7.68. The molecular weight excluding hydrogens is 358 g/mol. The number of nitrogens with one attached hydrogen (secondary N) is 1. The summed E-state index contributed by atoms with van der Waals surface area (Å²) in [6, 6.07) is 7.93. The first-order valence-electron chi connectivity index (χ1n) is 9.68. The van der Waals surface area contributed by atoms with E-state index in [4.69, 9.17) is 0 Å². The van der Waals surface area contributed by atoms with E-state index in [1.165, 1.54) is 22.6 Å². The average Bonchev–Trinajstić information content (AvgIpc) is 3.26. The van der Waals surface area contributed by atoms with E-state index in [-0.39, 0.29) is 18.0 Å². The highest BCUT2D eigenvalue weighted by atomic mass is 16.6. The van der Waals surface area contributed by atoms with E-state index in [2.05, 4.69) is 35.2 Å². The van der Waals surface area contributed by atoms with Gasteiger partial charge in [-0.3, -0.25) is 19.6 Å². The number of rotatable bonds is 8. The summed E-state index contributed by atoms with van der Waals surface area (Å²) >= 11 is 0. The number of nitro groups is 1. The van der Waals surface area contributed by atoms with Gasteiger partial charge in [-0.2, -0.15) is 5.10 Å². The molecule has 0 aliphatic carbocycles. The topological polar surface area (TPSA) is 93.3 Å². The lowest BCUT2D eigenvalue weighted by Crippen LogP contribution is -2.23. The van der Waals surface area contributed by atoms with Crippen LogP contribution >= 0.6 is 0 Å². The van der Waals surface area contributed by atoms with Gasteiger partial charge in [-0.05, 0) is 36.0 Å². The van der Waals surface area contributed by atoms with Gasteiger partial charge in [0.15, 0.2) is 0 Å². The molecule has 8 heteroatoms. The van der Waals surface area contributed by atoms with Crippen molar-refractivity contribution < 1.29 is 9.72 Å². The Bertz CT molecular complexity index is 825. The van der Waals surface area contributed by atoms with Crippen molar-refractivity contribution in [3.05, 3.63) is 52.3 Å². The van der Waals surface area contributed by atoms with Gasteiger partial charge in [0.25, 0.3) is 0 Å². The number of carbonyl (C=O) groups excluding carboxylic acids is 1. The van der Waals surface area contributed by atoms with Crippen molar-refractivity contribution in [2.24, 2.45) is 11.8 Å². The Hall–Kier alpha value is -2.74. The Morgan fingerprint density at radius 1 is 1.29 bits per heavy atom. The number of amides is 1. The normalized spacial score (nSPS) is 19.6. The van der Waals surface area contributed by atoms with E-state index in [0.29, 0.717) is 6.54 Å². The number of nitrogens with zero attached hydrogens (tertiary/aromatic N) is 4. The van der Waals surface area contributed by atoms with Crippen LogP contribution in [0.15, 0.2) is 36.7 Å². The molecule has 3 rings (SSSR count). The quantitative estimate of drug-likeness (QED) is 0.557. The first-order chi connectivity index (χ1) is 13.4. The Morgan fingerprint density at radius 2 is 2.04 bits per heavy atom. The largest absolute Gasteiger partial charge is 0.326 e. The standard InChI is InChI=1S/C20H27N5O3/c1-15-12-23(13-16(15)2)8-6-17-4-3-5-18(10-17)22-20(26)7-9-24-14-19(11-21-24)25(27)28/h3-5,10-11,14-16H,6-9,12-13H2,1-2H3,(H,22,26)/t15-,16-/m0/s1. The lowest BCUT2D eigenvalue weighted by Gasteiger charge is -2.15. The SMILES string of the molecule is C[C@H]1CN(CCc2cccc(NC(=O)CCn3cc([N+](=O)[O-])cn3)c2)C[C@@H]1C. The zero-order valence-electron chi connectivity index (χ0n) is 16.4. The third-order valence-electron chi connectivity index (χ3n) is 5.39. The predicted octanol–water partition coefficient (Wildman–Crippen LogP) is 2.95. The molecule has 0 radical (unpaired) electrons. The van der Waals surface area contributed by atoms with Crippen molar-refractivity contribution in [3.63, 3.8) is 0 Å². The lowest BCUT2D eigenvalue weighted by atomic mass is 10.0. The molecule has 0 saturated carbocycles. The van der Waals surface area contributed by atoms with Gasteiger partial charge in [0.05, 0.1) is 4.92 Å². The molecule has 2 heterocycles. The minimum absolute atomic E-state index is 0.0742. The van der Waals surface area contributed by atoms with Gasteiger partial charge >= 0.3 is 5.69 Å². The number of carbonyl (C=O) groups is 1. The number of likely N-dealkylation sites (tertiary alicyclic amines) is 1. The second kappa shape index (κ2) is 8.97. The van der Waals surface area contributed by atoms with Crippen molar-refractivity contribution >= 4 is 17.3 Å². The maximum absolute atomic E-state index is 12.2. The highest BCUT2D eigenvalue weighted by Gasteiger charge is 2.25. The van der Waals surface area contributed by atoms with E-state index < -0.39 is 4.92 Å². The molecule has 1 N–H and O–H groups in total. The molecule has 2 atom stereocenters. The summed E-state index contributed by atoms with van der Waals surface area (Å²) in [6.07, 6.45) is 3.67. The third-order valence-corrected chi connectivity index (χ3v) is 5.39. The van der Waals surface area contributed by atoms with Crippen molar-refractivity contribution in [2.75, 3.05) is 25.0 Å². The van der Waals surface area contributed by atoms with Gasteiger partial charge in [-0.15, -0.1) is 0 Å². The van der Waals surface area contributed by atoms with Gasteiger partial charge in [-0.25, -0.2) is 0 Å². The van der Waals surface area contributed by atoms with E-state index in [9.17, 15) is 14.9 Å². The van der Waals surface area contributed by atoms with Crippen LogP contribution in [0.1, 0.15) is 25.8 Å². The van der Waals surface area contributed by atoms with Crippen LogP contribution in [0.3, 0.4) is 0 Å². The second-order valence-corrected chi connectivity index (χ2v) is 7.68. The fourth-order valence-corrected chi connectivity index (χ4v) is 3.53. The Morgan fingerprint density at radius 3 is 2.71 bits per heavy atom. The number of hydrogen-bond acceptors (Lipinski definition) is 5. The minimum atomic E-state index is -0.501.